The number of ether oxygens (including phenoxy) is 2. The van der Waals surface area contributed by atoms with Gasteiger partial charge in [0.15, 0.2) is 0 Å². The first-order valence-electron chi connectivity index (χ1n) is 15.5. The first kappa shape index (κ1) is 31.3. The lowest BCUT2D eigenvalue weighted by atomic mass is 10.0. The Hall–Kier alpha value is -3.26. The first-order valence-corrected chi connectivity index (χ1v) is 15.5. The zero-order valence-corrected chi connectivity index (χ0v) is 25.3. The van der Waals surface area contributed by atoms with Crippen molar-refractivity contribution < 1.29 is 9.47 Å². The van der Waals surface area contributed by atoms with Crippen molar-refractivity contribution in [1.29, 1.82) is 0 Å². The molecule has 0 radical (unpaired) electrons. The maximum atomic E-state index is 6.06. The highest BCUT2D eigenvalue weighted by Gasteiger charge is 2.08. The van der Waals surface area contributed by atoms with Crippen molar-refractivity contribution in [2.75, 3.05) is 13.2 Å². The summed E-state index contributed by atoms with van der Waals surface area (Å²) in [4.78, 5) is 0. The van der Waals surface area contributed by atoms with Gasteiger partial charge in [0.2, 0.25) is 0 Å². The maximum Gasteiger partial charge on any atom is 0.119 e. The molecule has 2 heteroatoms. The molecular weight excluding hydrogens is 488 g/mol. The summed E-state index contributed by atoms with van der Waals surface area (Å²) in [5.74, 6) is 3.20. The van der Waals surface area contributed by atoms with Crippen LogP contribution >= 0.6 is 0 Å². The zero-order chi connectivity index (χ0) is 28.4. The van der Waals surface area contributed by atoms with Crippen LogP contribution in [0.1, 0.15) is 101 Å². The van der Waals surface area contributed by atoms with E-state index in [0.717, 1.165) is 24.7 Å². The maximum absolute atomic E-state index is 6.06. The molecule has 3 rings (SSSR count). The van der Waals surface area contributed by atoms with Gasteiger partial charge in [-0.15, -0.1) is 0 Å². The molecule has 0 amide bonds. The van der Waals surface area contributed by atoms with E-state index in [1.54, 1.807) is 0 Å². The molecule has 0 aliphatic heterocycles. The molecule has 0 aliphatic carbocycles. The Balaban J connectivity index is 1.51. The molecule has 0 saturated carbocycles. The topological polar surface area (TPSA) is 18.5 Å². The highest BCUT2D eigenvalue weighted by molar-refractivity contribution is 5.74. The Labute approximate surface area is 244 Å². The lowest BCUT2D eigenvalue weighted by Crippen LogP contribution is -2.11. The summed E-state index contributed by atoms with van der Waals surface area (Å²) in [6.07, 6.45) is 18.6. The third kappa shape index (κ3) is 11.5. The summed E-state index contributed by atoms with van der Waals surface area (Å²) in [5, 5.41) is 0. The number of hydrogen-bond donors (Lipinski definition) is 0. The number of rotatable bonds is 18. The number of unbranched alkanes of at least 4 members (excludes halogenated alkanes) is 2. The molecule has 0 bridgehead atoms. The molecule has 214 valence electrons. The molecular formula is C38H50O2. The van der Waals surface area contributed by atoms with Crippen molar-refractivity contribution in [2.24, 2.45) is 11.8 Å². The van der Waals surface area contributed by atoms with Crippen LogP contribution in [0.25, 0.3) is 24.3 Å². The van der Waals surface area contributed by atoms with Crippen molar-refractivity contribution in [3.8, 4) is 11.5 Å². The monoisotopic (exact) mass is 538 g/mol. The van der Waals surface area contributed by atoms with E-state index in [9.17, 15) is 0 Å². The molecule has 2 nitrogen and oxygen atoms in total. The zero-order valence-electron chi connectivity index (χ0n) is 25.3. The fourth-order valence-electron chi connectivity index (χ4n) is 4.73. The van der Waals surface area contributed by atoms with Crippen LogP contribution in [-0.4, -0.2) is 13.2 Å². The molecule has 2 unspecified atom stereocenters. The summed E-state index contributed by atoms with van der Waals surface area (Å²) < 4.78 is 12.1. The van der Waals surface area contributed by atoms with Gasteiger partial charge in [-0.25, -0.2) is 0 Å². The minimum atomic E-state index is 0.646. The first-order chi connectivity index (χ1) is 19.6. The molecule has 0 heterocycles. The van der Waals surface area contributed by atoms with Gasteiger partial charge in [-0.3, -0.25) is 0 Å². The minimum Gasteiger partial charge on any atom is -0.493 e. The van der Waals surface area contributed by atoms with E-state index in [2.05, 4.69) is 125 Å². The van der Waals surface area contributed by atoms with Crippen LogP contribution in [0.3, 0.4) is 0 Å². The smallest absolute Gasteiger partial charge is 0.119 e. The van der Waals surface area contributed by atoms with Gasteiger partial charge in [0.05, 0.1) is 13.2 Å². The molecule has 3 aromatic rings. The fraction of sp³-hybridized carbons (Fsp3) is 0.421. The Bertz CT molecular complexity index is 1050. The summed E-state index contributed by atoms with van der Waals surface area (Å²) in [5.41, 5.74) is 4.71. The molecule has 40 heavy (non-hydrogen) atoms. The molecule has 0 N–H and O–H groups in total. The van der Waals surface area contributed by atoms with E-state index >= 15 is 0 Å². The van der Waals surface area contributed by atoms with Crippen molar-refractivity contribution in [2.45, 2.75) is 79.1 Å². The van der Waals surface area contributed by atoms with Gasteiger partial charge >= 0.3 is 0 Å². The van der Waals surface area contributed by atoms with Gasteiger partial charge in [0.25, 0.3) is 0 Å². The van der Waals surface area contributed by atoms with Crippen molar-refractivity contribution in [1.82, 2.24) is 0 Å². The largest absolute Gasteiger partial charge is 0.493 e. The molecule has 0 saturated heterocycles. The SMILES string of the molecule is CCCCC(CC)COc1ccc(/C=C/c2cccc(/C=C/c3ccc(OCC(CC)CCCC)cc3)c2)cc1. The quantitative estimate of drug-likeness (QED) is 0.150. The van der Waals surface area contributed by atoms with E-state index in [-0.39, 0.29) is 0 Å². The lowest BCUT2D eigenvalue weighted by molar-refractivity contribution is 0.233. The van der Waals surface area contributed by atoms with Crippen LogP contribution in [0.2, 0.25) is 0 Å². The molecule has 3 aromatic carbocycles. The van der Waals surface area contributed by atoms with Gasteiger partial charge in [-0.05, 0) is 77.3 Å². The predicted octanol–water partition coefficient (Wildman–Crippen LogP) is 11.2. The minimum absolute atomic E-state index is 0.646. The Morgan fingerprint density at radius 2 is 0.925 bits per heavy atom. The second kappa shape index (κ2) is 18.2. The van der Waals surface area contributed by atoms with Crippen LogP contribution in [0.5, 0.6) is 11.5 Å². The van der Waals surface area contributed by atoms with Crippen LogP contribution in [0.4, 0.5) is 0 Å². The van der Waals surface area contributed by atoms with Crippen molar-refractivity contribution in [3.63, 3.8) is 0 Å². The highest BCUT2D eigenvalue weighted by atomic mass is 16.5. The van der Waals surface area contributed by atoms with Gasteiger partial charge < -0.3 is 9.47 Å². The Morgan fingerprint density at radius 1 is 0.525 bits per heavy atom. The van der Waals surface area contributed by atoms with E-state index < -0.39 is 0 Å². The normalized spacial score (nSPS) is 13.1. The average molecular weight is 539 g/mol. The van der Waals surface area contributed by atoms with Crippen molar-refractivity contribution >= 4 is 24.3 Å². The summed E-state index contributed by atoms with van der Waals surface area (Å²) >= 11 is 0. The van der Waals surface area contributed by atoms with E-state index in [1.807, 2.05) is 0 Å². The highest BCUT2D eigenvalue weighted by Crippen LogP contribution is 2.21. The third-order valence-corrected chi connectivity index (χ3v) is 7.67. The number of benzene rings is 3. The predicted molar refractivity (Wildman–Crippen MR) is 175 cm³/mol. The van der Waals surface area contributed by atoms with Gasteiger partial charge in [-0.2, -0.15) is 0 Å². The molecule has 2 atom stereocenters. The molecule has 0 fully saturated rings. The lowest BCUT2D eigenvalue weighted by Gasteiger charge is -2.15. The molecule has 0 aliphatic rings. The average Bonchev–Trinajstić information content (AvgIpc) is 3.00. The van der Waals surface area contributed by atoms with Gasteiger partial charge in [0, 0.05) is 0 Å². The summed E-state index contributed by atoms with van der Waals surface area (Å²) in [7, 11) is 0. The van der Waals surface area contributed by atoms with Crippen LogP contribution in [-0.2, 0) is 0 Å². The standard InChI is InChI=1S/C38H50O2/c1-5-9-12-31(7-3)29-39-37-24-20-33(21-25-37)16-18-35-14-11-15-36(28-35)19-17-34-22-26-38(27-23-34)40-30-32(8-4)13-10-6-2/h11,14-28,31-32H,5-10,12-13,29-30H2,1-4H3/b18-16+,19-17+. The molecule has 0 spiro atoms. The van der Waals surface area contributed by atoms with Crippen LogP contribution in [0, 0.1) is 11.8 Å². The van der Waals surface area contributed by atoms with Crippen LogP contribution < -0.4 is 9.47 Å². The second-order valence-corrected chi connectivity index (χ2v) is 10.9. The summed E-state index contributed by atoms with van der Waals surface area (Å²) in [6.45, 7) is 10.6. The number of hydrogen-bond acceptors (Lipinski definition) is 2. The van der Waals surface area contributed by atoms with E-state index in [1.165, 1.54) is 73.6 Å². The van der Waals surface area contributed by atoms with E-state index in [4.69, 9.17) is 9.47 Å². The summed E-state index contributed by atoms with van der Waals surface area (Å²) in [6, 6.07) is 25.4. The Kier molecular flexibility index (Phi) is 14.2. The molecule has 0 aromatic heterocycles. The van der Waals surface area contributed by atoms with Crippen molar-refractivity contribution in [3.05, 3.63) is 95.1 Å². The van der Waals surface area contributed by atoms with E-state index in [0.29, 0.717) is 11.8 Å². The van der Waals surface area contributed by atoms with Gasteiger partial charge in [-0.1, -0.05) is 133 Å². The van der Waals surface area contributed by atoms with Gasteiger partial charge in [0.1, 0.15) is 11.5 Å². The van der Waals surface area contributed by atoms with Crippen LogP contribution in [0.15, 0.2) is 72.8 Å². The fourth-order valence-corrected chi connectivity index (χ4v) is 4.73. The third-order valence-electron chi connectivity index (χ3n) is 7.67. The second-order valence-electron chi connectivity index (χ2n) is 10.9. The Morgan fingerprint density at radius 3 is 1.30 bits per heavy atom.